The van der Waals surface area contributed by atoms with E-state index in [-0.39, 0.29) is 17.7 Å². The summed E-state index contributed by atoms with van der Waals surface area (Å²) in [5.74, 6) is 0.465. The Kier molecular flexibility index (Phi) is 7.05. The van der Waals surface area contributed by atoms with Crippen LogP contribution in [-0.2, 0) is 16.1 Å². The van der Waals surface area contributed by atoms with Crippen molar-refractivity contribution >= 4 is 29.0 Å². The van der Waals surface area contributed by atoms with Gasteiger partial charge in [-0.25, -0.2) is 0 Å². The van der Waals surface area contributed by atoms with Gasteiger partial charge in [0, 0.05) is 30.0 Å². The summed E-state index contributed by atoms with van der Waals surface area (Å²) in [6.07, 6.45) is 1.97. The molecule has 9 nitrogen and oxygen atoms in total. The quantitative estimate of drug-likeness (QED) is 0.296. The van der Waals surface area contributed by atoms with E-state index in [2.05, 4.69) is 15.5 Å². The van der Waals surface area contributed by atoms with Gasteiger partial charge in [-0.3, -0.25) is 19.5 Å². The topological polar surface area (TPSA) is 112 Å². The number of nitro benzene ring substituents is 1. The normalized spacial score (nSPS) is 16.5. The molecule has 10 heteroatoms. The van der Waals surface area contributed by atoms with Crippen molar-refractivity contribution < 1.29 is 14.5 Å². The Morgan fingerprint density at radius 2 is 2.03 bits per heavy atom. The first-order valence-corrected chi connectivity index (χ1v) is 11.6. The van der Waals surface area contributed by atoms with Crippen molar-refractivity contribution in [1.29, 1.82) is 0 Å². The Balaban J connectivity index is 1.57. The largest absolute Gasteiger partial charge is 0.376 e. The second-order valence-corrected chi connectivity index (χ2v) is 9.23. The summed E-state index contributed by atoms with van der Waals surface area (Å²) in [5, 5.41) is 22.9. The molecule has 2 atom stereocenters. The first-order chi connectivity index (χ1) is 15.9. The number of anilines is 1. The number of hydrogen-bond acceptors (Lipinski definition) is 7. The zero-order valence-electron chi connectivity index (χ0n) is 18.4. The molecule has 1 aromatic heterocycles. The first-order valence-electron chi connectivity index (χ1n) is 10.7. The third-order valence-electron chi connectivity index (χ3n) is 5.52. The van der Waals surface area contributed by atoms with Crippen LogP contribution in [0, 0.1) is 17.0 Å². The van der Waals surface area contributed by atoms with Crippen LogP contribution in [0.4, 0.5) is 11.4 Å². The van der Waals surface area contributed by atoms with Crippen LogP contribution in [0.15, 0.2) is 53.7 Å². The zero-order valence-corrected chi connectivity index (χ0v) is 19.2. The summed E-state index contributed by atoms with van der Waals surface area (Å²) in [6.45, 7) is 5.04. The molecule has 0 spiro atoms. The minimum Gasteiger partial charge on any atom is -0.376 e. The zero-order chi connectivity index (χ0) is 23.4. The molecule has 0 aliphatic carbocycles. The number of ether oxygens (including phenoxy) is 1. The molecule has 0 radical (unpaired) electrons. The van der Waals surface area contributed by atoms with Crippen LogP contribution in [0.2, 0.25) is 0 Å². The Bertz CT molecular complexity index is 1140. The average molecular weight is 468 g/mol. The van der Waals surface area contributed by atoms with Gasteiger partial charge in [-0.15, -0.1) is 10.2 Å². The molecule has 1 N–H and O–H groups in total. The van der Waals surface area contributed by atoms with Crippen molar-refractivity contribution in [1.82, 2.24) is 14.8 Å². The Hall–Kier alpha value is -3.24. The fourth-order valence-corrected chi connectivity index (χ4v) is 4.50. The molecule has 4 rings (SSSR count). The summed E-state index contributed by atoms with van der Waals surface area (Å²) in [5.41, 5.74) is 2.50. The maximum atomic E-state index is 12.8. The molecule has 1 aliphatic rings. The number of nitrogens with zero attached hydrogens (tertiary/aromatic N) is 4. The van der Waals surface area contributed by atoms with Gasteiger partial charge in [-0.2, -0.15) is 0 Å². The van der Waals surface area contributed by atoms with Crippen molar-refractivity contribution in [3.8, 4) is 11.4 Å². The van der Waals surface area contributed by atoms with Gasteiger partial charge in [0.1, 0.15) is 0 Å². The number of para-hydroxylation sites is 1. The van der Waals surface area contributed by atoms with Crippen LogP contribution in [0.1, 0.15) is 25.3 Å². The molecule has 0 bridgehead atoms. The molecular formula is C23H25N5O4S. The first kappa shape index (κ1) is 22.9. The molecule has 1 amide bonds. The smallest absolute Gasteiger partial charge is 0.269 e. The summed E-state index contributed by atoms with van der Waals surface area (Å²) in [6, 6.07) is 13.9. The SMILES string of the molecule is Cc1ccccc1NC(=O)[C@H](C)Sc1nnc(-c2ccc([N+](=O)[O-])cc2)n1C[C@@H]1CCCO1. The van der Waals surface area contributed by atoms with Gasteiger partial charge >= 0.3 is 0 Å². The minimum atomic E-state index is -0.434. The number of hydrogen-bond donors (Lipinski definition) is 1. The van der Waals surface area contributed by atoms with Crippen LogP contribution in [0.3, 0.4) is 0 Å². The highest BCUT2D eigenvalue weighted by Crippen LogP contribution is 2.30. The highest BCUT2D eigenvalue weighted by atomic mass is 32.2. The van der Waals surface area contributed by atoms with Gasteiger partial charge in [0.25, 0.3) is 5.69 Å². The van der Waals surface area contributed by atoms with Gasteiger partial charge in [0.05, 0.1) is 22.8 Å². The molecule has 1 saturated heterocycles. The third-order valence-corrected chi connectivity index (χ3v) is 6.60. The predicted octanol–water partition coefficient (Wildman–Crippen LogP) is 4.46. The van der Waals surface area contributed by atoms with Crippen LogP contribution in [0.5, 0.6) is 0 Å². The molecule has 3 aromatic rings. The molecule has 1 aliphatic heterocycles. The van der Waals surface area contributed by atoms with E-state index in [9.17, 15) is 14.9 Å². The fraction of sp³-hybridized carbons (Fsp3) is 0.348. The fourth-order valence-electron chi connectivity index (χ4n) is 3.64. The number of non-ortho nitro benzene ring substituents is 1. The number of nitro groups is 1. The van der Waals surface area contributed by atoms with E-state index < -0.39 is 10.2 Å². The highest BCUT2D eigenvalue weighted by Gasteiger charge is 2.25. The molecule has 2 aromatic carbocycles. The number of nitrogens with one attached hydrogen (secondary N) is 1. The van der Waals surface area contributed by atoms with Crippen molar-refractivity contribution in [3.05, 3.63) is 64.2 Å². The Morgan fingerprint density at radius 3 is 2.70 bits per heavy atom. The van der Waals surface area contributed by atoms with E-state index in [4.69, 9.17) is 4.74 Å². The lowest BCUT2D eigenvalue weighted by molar-refractivity contribution is -0.384. The maximum Gasteiger partial charge on any atom is 0.269 e. The van der Waals surface area contributed by atoms with Crippen LogP contribution in [-0.4, -0.2) is 43.6 Å². The molecule has 1 fully saturated rings. The molecule has 0 unspecified atom stereocenters. The number of carbonyl (C=O) groups excluding carboxylic acids is 1. The number of carbonyl (C=O) groups is 1. The Labute approximate surface area is 195 Å². The van der Waals surface area contributed by atoms with E-state index in [0.29, 0.717) is 17.5 Å². The monoisotopic (exact) mass is 467 g/mol. The van der Waals surface area contributed by atoms with Gasteiger partial charge in [-0.05, 0) is 50.5 Å². The second-order valence-electron chi connectivity index (χ2n) is 7.92. The van der Waals surface area contributed by atoms with Crippen molar-refractivity contribution in [2.24, 2.45) is 0 Å². The lowest BCUT2D eigenvalue weighted by Gasteiger charge is -2.17. The summed E-state index contributed by atoms with van der Waals surface area (Å²) >= 11 is 1.32. The molecule has 2 heterocycles. The van der Waals surface area contributed by atoms with Crippen LogP contribution < -0.4 is 5.32 Å². The molecular weight excluding hydrogens is 442 g/mol. The maximum absolute atomic E-state index is 12.8. The molecule has 172 valence electrons. The van der Waals surface area contributed by atoms with Crippen molar-refractivity contribution in [3.63, 3.8) is 0 Å². The number of aromatic nitrogens is 3. The average Bonchev–Trinajstić information content (AvgIpc) is 3.46. The Morgan fingerprint density at radius 1 is 1.27 bits per heavy atom. The lowest BCUT2D eigenvalue weighted by Crippen LogP contribution is -2.24. The number of thioether (sulfide) groups is 1. The van der Waals surface area contributed by atoms with E-state index in [1.165, 1.54) is 23.9 Å². The van der Waals surface area contributed by atoms with E-state index in [1.54, 1.807) is 12.1 Å². The number of aryl methyl sites for hydroxylation is 1. The number of amides is 1. The minimum absolute atomic E-state index is 0.0139. The standard InChI is InChI=1S/C23H25N5O4S/c1-15-6-3-4-8-20(15)24-22(29)16(2)33-23-26-25-21(27(23)14-19-7-5-13-32-19)17-9-11-18(12-10-17)28(30)31/h3-4,6,8-12,16,19H,5,7,13-14H2,1-2H3,(H,24,29)/t16-,19-/m0/s1. The van der Waals surface area contributed by atoms with Gasteiger partial charge in [0.2, 0.25) is 5.91 Å². The van der Waals surface area contributed by atoms with Gasteiger partial charge < -0.3 is 10.1 Å². The number of rotatable bonds is 8. The molecule has 33 heavy (non-hydrogen) atoms. The van der Waals surface area contributed by atoms with E-state index >= 15 is 0 Å². The van der Waals surface area contributed by atoms with Crippen LogP contribution in [0.25, 0.3) is 11.4 Å². The predicted molar refractivity (Wildman–Crippen MR) is 126 cm³/mol. The van der Waals surface area contributed by atoms with Gasteiger partial charge in [-0.1, -0.05) is 30.0 Å². The van der Waals surface area contributed by atoms with Crippen LogP contribution >= 0.6 is 11.8 Å². The van der Waals surface area contributed by atoms with E-state index in [1.807, 2.05) is 42.7 Å². The van der Waals surface area contributed by atoms with Gasteiger partial charge in [0.15, 0.2) is 11.0 Å². The van der Waals surface area contributed by atoms with E-state index in [0.717, 1.165) is 36.3 Å². The summed E-state index contributed by atoms with van der Waals surface area (Å²) in [4.78, 5) is 23.4. The van der Waals surface area contributed by atoms with Crippen molar-refractivity contribution in [2.45, 2.75) is 49.7 Å². The van der Waals surface area contributed by atoms with Crippen molar-refractivity contribution in [2.75, 3.05) is 11.9 Å². The third kappa shape index (κ3) is 5.40. The second kappa shape index (κ2) is 10.1. The molecule has 0 saturated carbocycles. The summed E-state index contributed by atoms with van der Waals surface area (Å²) < 4.78 is 7.76. The number of benzene rings is 2. The lowest BCUT2D eigenvalue weighted by atomic mass is 10.2. The highest BCUT2D eigenvalue weighted by molar-refractivity contribution is 8.00. The summed E-state index contributed by atoms with van der Waals surface area (Å²) in [7, 11) is 0.